The first-order valence-electron chi connectivity index (χ1n) is 11.1. The molecule has 0 spiro atoms. The van der Waals surface area contributed by atoms with E-state index in [1.807, 2.05) is 60.7 Å². The van der Waals surface area contributed by atoms with Crippen LogP contribution in [-0.4, -0.2) is 21.2 Å². The molecule has 0 saturated carbocycles. The Morgan fingerprint density at radius 3 is 2.32 bits per heavy atom. The van der Waals surface area contributed by atoms with Crippen molar-refractivity contribution < 1.29 is 9.21 Å². The number of anilines is 2. The summed E-state index contributed by atoms with van der Waals surface area (Å²) in [5, 5.41) is 12.9. The highest BCUT2D eigenvalue weighted by Gasteiger charge is 2.19. The van der Waals surface area contributed by atoms with Crippen molar-refractivity contribution in [3.63, 3.8) is 0 Å². The van der Waals surface area contributed by atoms with Crippen molar-refractivity contribution in [2.45, 2.75) is 26.2 Å². The summed E-state index contributed by atoms with van der Waals surface area (Å²) in [6, 6.07) is 22.6. The molecule has 0 aliphatic rings. The van der Waals surface area contributed by atoms with E-state index in [-0.39, 0.29) is 11.4 Å². The number of aromatic nitrogens is 3. The van der Waals surface area contributed by atoms with E-state index in [1.165, 1.54) is 5.56 Å². The molecule has 0 aliphatic heterocycles. The Kier molecular flexibility index (Phi) is 5.37. The van der Waals surface area contributed by atoms with E-state index in [0.29, 0.717) is 11.6 Å². The summed E-state index contributed by atoms with van der Waals surface area (Å²) in [4.78, 5) is 17.0. The number of fused-ring (bicyclic) bond motifs is 1. The van der Waals surface area contributed by atoms with Crippen molar-refractivity contribution in [2.75, 3.05) is 10.6 Å². The molecule has 3 N–H and O–H groups in total. The average Bonchev–Trinajstić information content (AvgIpc) is 3.46. The van der Waals surface area contributed by atoms with Crippen LogP contribution >= 0.6 is 0 Å². The second-order valence-corrected chi connectivity index (χ2v) is 9.13. The largest absolute Gasteiger partial charge is 0.436 e. The van der Waals surface area contributed by atoms with Crippen LogP contribution < -0.4 is 10.6 Å². The maximum absolute atomic E-state index is 12.2. The molecule has 0 unspecified atom stereocenters. The first-order chi connectivity index (χ1) is 16.4. The molecule has 0 saturated heterocycles. The van der Waals surface area contributed by atoms with Gasteiger partial charge in [-0.25, -0.2) is 9.78 Å². The van der Waals surface area contributed by atoms with Crippen LogP contribution in [0.2, 0.25) is 0 Å². The van der Waals surface area contributed by atoms with E-state index in [2.05, 4.69) is 53.7 Å². The zero-order valence-corrected chi connectivity index (χ0v) is 19.2. The Bertz CT molecular complexity index is 1440. The molecule has 7 heteroatoms. The quantitative estimate of drug-likeness (QED) is 0.279. The Balaban J connectivity index is 1.36. The van der Waals surface area contributed by atoms with Crippen LogP contribution in [0, 0.1) is 0 Å². The van der Waals surface area contributed by atoms with Gasteiger partial charge in [0.1, 0.15) is 5.52 Å². The minimum atomic E-state index is -0.303. The molecule has 0 bridgehead atoms. The number of amides is 2. The van der Waals surface area contributed by atoms with Gasteiger partial charge in [-0.1, -0.05) is 57.2 Å². The Labute approximate surface area is 197 Å². The van der Waals surface area contributed by atoms with E-state index in [1.54, 1.807) is 6.20 Å². The van der Waals surface area contributed by atoms with Gasteiger partial charge in [-0.3, -0.25) is 5.10 Å². The molecule has 7 nitrogen and oxygen atoms in total. The van der Waals surface area contributed by atoms with Crippen LogP contribution in [0.3, 0.4) is 0 Å². The highest BCUT2D eigenvalue weighted by Crippen LogP contribution is 2.33. The van der Waals surface area contributed by atoms with Gasteiger partial charge in [-0.15, -0.1) is 0 Å². The summed E-state index contributed by atoms with van der Waals surface area (Å²) in [5.74, 6) is 0.509. The van der Waals surface area contributed by atoms with Crippen molar-refractivity contribution in [1.82, 2.24) is 15.2 Å². The molecule has 170 valence electrons. The lowest BCUT2D eigenvalue weighted by molar-refractivity contribution is 0.262. The molecular formula is C27H25N5O2. The summed E-state index contributed by atoms with van der Waals surface area (Å²) in [5.41, 5.74) is 6.66. The third-order valence-corrected chi connectivity index (χ3v) is 5.59. The zero-order valence-electron chi connectivity index (χ0n) is 19.2. The second-order valence-electron chi connectivity index (χ2n) is 9.13. The van der Waals surface area contributed by atoms with Gasteiger partial charge in [0.05, 0.1) is 17.5 Å². The van der Waals surface area contributed by atoms with Crippen LogP contribution in [0.4, 0.5) is 16.2 Å². The van der Waals surface area contributed by atoms with Crippen molar-refractivity contribution in [3.05, 3.63) is 84.6 Å². The summed E-state index contributed by atoms with van der Waals surface area (Å²) in [6.07, 6.45) is 1.71. The number of benzene rings is 3. The Morgan fingerprint density at radius 1 is 0.912 bits per heavy atom. The van der Waals surface area contributed by atoms with Gasteiger partial charge in [0.25, 0.3) is 0 Å². The molecule has 34 heavy (non-hydrogen) atoms. The van der Waals surface area contributed by atoms with Gasteiger partial charge in [-0.05, 0) is 47.4 Å². The zero-order chi connectivity index (χ0) is 23.7. The van der Waals surface area contributed by atoms with Crippen molar-refractivity contribution in [1.29, 1.82) is 0 Å². The first kappa shape index (κ1) is 21.5. The third kappa shape index (κ3) is 4.41. The molecule has 2 heterocycles. The lowest BCUT2D eigenvalue weighted by Gasteiger charge is -2.18. The SMILES string of the molecule is CC(C)(C)c1ccc2oc(-c3cn[nH]c3-c3ccc(NC(=O)Nc4ccccc4)cc3)nc2c1. The standard InChI is InChI=1S/C27H25N5O2/c1-27(2,3)18-11-14-23-22(15-18)31-25(34-23)21-16-28-32-24(21)17-9-12-20(13-10-17)30-26(33)29-19-7-5-4-6-8-19/h4-16H,1-3H3,(H,28,32)(H2,29,30,33). The molecule has 3 aromatic carbocycles. The van der Waals surface area contributed by atoms with Crippen molar-refractivity contribution in [3.8, 4) is 22.7 Å². The van der Waals surface area contributed by atoms with Crippen LogP contribution in [0.15, 0.2) is 83.4 Å². The van der Waals surface area contributed by atoms with E-state index in [4.69, 9.17) is 9.40 Å². The normalized spacial score (nSPS) is 11.5. The highest BCUT2D eigenvalue weighted by molar-refractivity contribution is 5.99. The van der Waals surface area contributed by atoms with Gasteiger partial charge < -0.3 is 15.1 Å². The van der Waals surface area contributed by atoms with Crippen molar-refractivity contribution >= 4 is 28.5 Å². The molecule has 0 radical (unpaired) electrons. The molecule has 2 amide bonds. The number of carbonyl (C=O) groups is 1. The molecule has 5 aromatic rings. The van der Waals surface area contributed by atoms with Crippen LogP contribution in [0.25, 0.3) is 33.8 Å². The number of para-hydroxylation sites is 1. The number of urea groups is 1. The Morgan fingerprint density at radius 2 is 1.62 bits per heavy atom. The number of H-pyrrole nitrogens is 1. The van der Waals surface area contributed by atoms with Gasteiger partial charge in [0, 0.05) is 16.9 Å². The van der Waals surface area contributed by atoms with Gasteiger partial charge in [0.15, 0.2) is 5.58 Å². The van der Waals surface area contributed by atoms with Crippen LogP contribution in [-0.2, 0) is 5.41 Å². The first-order valence-corrected chi connectivity index (χ1v) is 11.1. The van der Waals surface area contributed by atoms with E-state index >= 15 is 0 Å². The number of carbonyl (C=O) groups excluding carboxylic acids is 1. The number of hydrogen-bond acceptors (Lipinski definition) is 4. The molecular weight excluding hydrogens is 426 g/mol. The predicted molar refractivity (Wildman–Crippen MR) is 135 cm³/mol. The highest BCUT2D eigenvalue weighted by atomic mass is 16.3. The number of hydrogen-bond donors (Lipinski definition) is 3. The van der Waals surface area contributed by atoms with Gasteiger partial charge in [-0.2, -0.15) is 5.10 Å². The maximum atomic E-state index is 12.2. The minimum Gasteiger partial charge on any atom is -0.436 e. The fourth-order valence-corrected chi connectivity index (χ4v) is 3.71. The summed E-state index contributed by atoms with van der Waals surface area (Å²) in [7, 11) is 0. The van der Waals surface area contributed by atoms with Gasteiger partial charge in [0.2, 0.25) is 5.89 Å². The average molecular weight is 452 g/mol. The van der Waals surface area contributed by atoms with E-state index < -0.39 is 0 Å². The lowest BCUT2D eigenvalue weighted by atomic mass is 9.87. The molecule has 2 aromatic heterocycles. The fourth-order valence-electron chi connectivity index (χ4n) is 3.71. The predicted octanol–water partition coefficient (Wildman–Crippen LogP) is 6.83. The minimum absolute atomic E-state index is 0.0296. The topological polar surface area (TPSA) is 95.8 Å². The smallest absolute Gasteiger partial charge is 0.323 e. The molecule has 0 atom stereocenters. The monoisotopic (exact) mass is 451 g/mol. The summed E-state index contributed by atoms with van der Waals surface area (Å²) < 4.78 is 6.04. The van der Waals surface area contributed by atoms with Crippen LogP contribution in [0.5, 0.6) is 0 Å². The van der Waals surface area contributed by atoms with Gasteiger partial charge >= 0.3 is 6.03 Å². The second kappa shape index (κ2) is 8.51. The molecule has 0 fully saturated rings. The number of rotatable bonds is 4. The van der Waals surface area contributed by atoms with Crippen molar-refractivity contribution in [2.24, 2.45) is 0 Å². The fraction of sp³-hybridized carbons (Fsp3) is 0.148. The number of oxazole rings is 1. The number of nitrogens with one attached hydrogen (secondary N) is 3. The lowest BCUT2D eigenvalue weighted by Crippen LogP contribution is -2.19. The maximum Gasteiger partial charge on any atom is 0.323 e. The van der Waals surface area contributed by atoms with E-state index in [0.717, 1.165) is 33.6 Å². The summed E-state index contributed by atoms with van der Waals surface area (Å²) >= 11 is 0. The molecule has 5 rings (SSSR count). The van der Waals surface area contributed by atoms with Crippen LogP contribution in [0.1, 0.15) is 26.3 Å². The Hall–Kier alpha value is -4.39. The summed E-state index contributed by atoms with van der Waals surface area (Å²) in [6.45, 7) is 6.52. The number of aromatic amines is 1. The molecule has 0 aliphatic carbocycles. The van der Waals surface area contributed by atoms with E-state index in [9.17, 15) is 4.79 Å². The number of nitrogens with zero attached hydrogens (tertiary/aromatic N) is 2. The third-order valence-electron chi connectivity index (χ3n) is 5.59.